The van der Waals surface area contributed by atoms with Crippen LogP contribution in [0.1, 0.15) is 73.0 Å². The van der Waals surface area contributed by atoms with Gasteiger partial charge in [-0.3, -0.25) is 4.79 Å². The third kappa shape index (κ3) is 3.49. The van der Waals surface area contributed by atoms with Crippen LogP contribution in [0.15, 0.2) is 60.2 Å². The quantitative estimate of drug-likeness (QED) is 0.257. The minimum absolute atomic E-state index is 0.0319. The van der Waals surface area contributed by atoms with Gasteiger partial charge in [0.15, 0.2) is 0 Å². The van der Waals surface area contributed by atoms with E-state index in [2.05, 4.69) is 0 Å². The maximum Gasteiger partial charge on any atom is 0.286 e. The van der Waals surface area contributed by atoms with Crippen LogP contribution in [0.5, 0.6) is 40.2 Å². The molecule has 0 saturated carbocycles. The molecule has 2 bridgehead atoms. The number of hydrogen-bond acceptors (Lipinski definition) is 9. The second-order valence-electron chi connectivity index (χ2n) is 12.1. The molecule has 9 nitrogen and oxygen atoms in total. The number of ketones is 1. The first-order chi connectivity index (χ1) is 19.8. The summed E-state index contributed by atoms with van der Waals surface area (Å²) >= 11 is 0. The number of aliphatic hydroxyl groups is 1. The first kappa shape index (κ1) is 26.3. The highest BCUT2D eigenvalue weighted by atomic mass is 16.7. The Bertz CT molecular complexity index is 1770. The number of phenols is 4. The van der Waals surface area contributed by atoms with Crippen LogP contribution in [-0.2, 0) is 5.79 Å². The molecule has 0 saturated heterocycles. The van der Waals surface area contributed by atoms with Gasteiger partial charge < -0.3 is 39.7 Å². The molecule has 9 heteroatoms. The van der Waals surface area contributed by atoms with E-state index in [0.29, 0.717) is 24.2 Å². The number of allylic oxidation sites excluding steroid dienone is 2. The molecule has 4 atom stereocenters. The molecular formula is C33H30O9. The van der Waals surface area contributed by atoms with Crippen LogP contribution in [-0.4, -0.2) is 42.5 Å². The molecule has 5 N–H and O–H groups in total. The lowest BCUT2D eigenvalue weighted by Crippen LogP contribution is -2.62. The third-order valence-electron chi connectivity index (χ3n) is 8.75. The van der Waals surface area contributed by atoms with E-state index < -0.39 is 28.5 Å². The maximum absolute atomic E-state index is 14.4. The summed E-state index contributed by atoms with van der Waals surface area (Å²) < 4.78 is 18.5. The van der Waals surface area contributed by atoms with Crippen molar-refractivity contribution < 1.29 is 44.5 Å². The number of rotatable bonds is 3. The van der Waals surface area contributed by atoms with Crippen molar-refractivity contribution in [2.45, 2.75) is 62.9 Å². The van der Waals surface area contributed by atoms with Crippen LogP contribution in [0.2, 0.25) is 0 Å². The molecule has 7 rings (SSSR count). The Morgan fingerprint density at radius 3 is 2.38 bits per heavy atom. The van der Waals surface area contributed by atoms with Crippen LogP contribution in [0.4, 0.5) is 0 Å². The Morgan fingerprint density at radius 2 is 1.64 bits per heavy atom. The fourth-order valence-corrected chi connectivity index (χ4v) is 6.90. The standard InChI is InChI=1S/C33H30O9/c1-16(2)8-9-32-30(38)28-26(42-33(32,39)22-7-5-20(35)12-25(22)41-32)13-23(36)27(29(28)37)18-10-17-14-31(3,15-18)40-24-11-19(34)4-6-21(17)24/h4-8,11-13,15,17,34-37,39H,9-10,14H2,1-3H3/t17-,31-,32-,33-/m1/s1. The Morgan fingerprint density at radius 1 is 0.929 bits per heavy atom. The lowest BCUT2D eigenvalue weighted by atomic mass is 9.72. The molecule has 0 radical (unpaired) electrons. The predicted octanol–water partition coefficient (Wildman–Crippen LogP) is 5.53. The monoisotopic (exact) mass is 570 g/mol. The second-order valence-corrected chi connectivity index (χ2v) is 12.1. The molecule has 3 aromatic rings. The summed E-state index contributed by atoms with van der Waals surface area (Å²) in [4.78, 5) is 14.4. The Kier molecular flexibility index (Phi) is 5.29. The Labute approximate surface area is 241 Å². The lowest BCUT2D eigenvalue weighted by molar-refractivity contribution is -0.221. The molecule has 0 fully saturated rings. The fraction of sp³-hybridized carbons (Fsp3) is 0.303. The summed E-state index contributed by atoms with van der Waals surface area (Å²) in [6.45, 7) is 5.57. The number of hydrogen-bond donors (Lipinski definition) is 5. The van der Waals surface area contributed by atoms with Gasteiger partial charge in [0.2, 0.25) is 11.4 Å². The molecule has 42 heavy (non-hydrogen) atoms. The van der Waals surface area contributed by atoms with Gasteiger partial charge in [-0.1, -0.05) is 17.7 Å². The topological polar surface area (TPSA) is 146 Å². The number of phenolic OH excluding ortho intramolecular Hbond substituents is 4. The Balaban J connectivity index is 1.38. The van der Waals surface area contributed by atoms with E-state index in [1.165, 1.54) is 24.3 Å². The number of carbonyl (C=O) groups is 1. The number of benzene rings is 3. The highest BCUT2D eigenvalue weighted by Crippen LogP contribution is 2.60. The van der Waals surface area contributed by atoms with Crippen LogP contribution in [0, 0.1) is 0 Å². The number of aromatic hydroxyl groups is 4. The van der Waals surface area contributed by atoms with Gasteiger partial charge in [0.05, 0.1) is 11.1 Å². The highest BCUT2D eigenvalue weighted by molar-refractivity contribution is 6.11. The maximum atomic E-state index is 14.4. The van der Waals surface area contributed by atoms with Gasteiger partial charge in [0.25, 0.3) is 5.79 Å². The zero-order valence-corrected chi connectivity index (χ0v) is 23.3. The summed E-state index contributed by atoms with van der Waals surface area (Å²) in [5, 5.41) is 55.0. The SMILES string of the molecule is CC(C)=CC[C@]12Oc3cc(O)ccc3[C@@]1(O)Oc1cc(O)c(C3=C[C@@]4(C)C[C@@H](C3)c3ccc(O)cc3O4)c(O)c1C2=O. The zero-order valence-electron chi connectivity index (χ0n) is 23.3. The summed E-state index contributed by atoms with van der Waals surface area (Å²) in [6.07, 6.45) is 4.56. The van der Waals surface area contributed by atoms with Gasteiger partial charge in [-0.15, -0.1) is 0 Å². The van der Waals surface area contributed by atoms with E-state index in [4.69, 9.17) is 14.2 Å². The summed E-state index contributed by atoms with van der Waals surface area (Å²) in [5.74, 6) is -3.45. The van der Waals surface area contributed by atoms with Crippen LogP contribution < -0.4 is 14.2 Å². The van der Waals surface area contributed by atoms with E-state index in [-0.39, 0.29) is 57.8 Å². The van der Waals surface area contributed by atoms with E-state index >= 15 is 0 Å². The number of carbonyl (C=O) groups excluding carboxylic acids is 1. The van der Waals surface area contributed by atoms with Crippen molar-refractivity contribution in [1.82, 2.24) is 0 Å². The van der Waals surface area contributed by atoms with Crippen molar-refractivity contribution >= 4 is 11.4 Å². The normalized spacial score (nSPS) is 28.1. The minimum Gasteiger partial charge on any atom is -0.508 e. The van der Waals surface area contributed by atoms with Crippen LogP contribution in [0.25, 0.3) is 5.57 Å². The van der Waals surface area contributed by atoms with Crippen LogP contribution in [0.3, 0.4) is 0 Å². The number of fused-ring (bicyclic) bond motifs is 8. The molecule has 3 aliphatic heterocycles. The van der Waals surface area contributed by atoms with E-state index in [1.807, 2.05) is 32.9 Å². The van der Waals surface area contributed by atoms with Gasteiger partial charge in [-0.2, -0.15) is 0 Å². The minimum atomic E-state index is -2.30. The first-order valence-electron chi connectivity index (χ1n) is 13.8. The highest BCUT2D eigenvalue weighted by Gasteiger charge is 2.69. The number of Topliss-reactive ketones (excluding diaryl/α,β-unsaturated/α-hetero) is 1. The van der Waals surface area contributed by atoms with Crippen molar-refractivity contribution in [1.29, 1.82) is 0 Å². The van der Waals surface area contributed by atoms with Crippen molar-refractivity contribution in [3.8, 4) is 40.2 Å². The molecule has 0 aromatic heterocycles. The number of ether oxygens (including phenoxy) is 3. The van der Waals surface area contributed by atoms with Crippen LogP contribution >= 0.6 is 0 Å². The zero-order chi connectivity index (χ0) is 29.8. The Hall–Kier alpha value is -4.63. The van der Waals surface area contributed by atoms with Gasteiger partial charge in [0.1, 0.15) is 51.4 Å². The summed E-state index contributed by atoms with van der Waals surface area (Å²) in [7, 11) is 0. The smallest absolute Gasteiger partial charge is 0.286 e. The molecule has 0 unspecified atom stereocenters. The van der Waals surface area contributed by atoms with E-state index in [9.17, 15) is 30.3 Å². The lowest BCUT2D eigenvalue weighted by Gasteiger charge is -2.44. The second kappa shape index (κ2) is 8.45. The molecule has 4 aliphatic rings. The van der Waals surface area contributed by atoms with Gasteiger partial charge in [-0.25, -0.2) is 0 Å². The van der Waals surface area contributed by atoms with E-state index in [0.717, 1.165) is 11.1 Å². The average molecular weight is 571 g/mol. The molecule has 1 aliphatic carbocycles. The van der Waals surface area contributed by atoms with Gasteiger partial charge >= 0.3 is 0 Å². The summed E-state index contributed by atoms with van der Waals surface area (Å²) in [6, 6.07) is 10.3. The fourth-order valence-electron chi connectivity index (χ4n) is 6.90. The van der Waals surface area contributed by atoms with Crippen molar-refractivity contribution in [2.24, 2.45) is 0 Å². The molecule has 216 valence electrons. The molecule has 3 aromatic carbocycles. The van der Waals surface area contributed by atoms with Gasteiger partial charge in [0, 0.05) is 24.6 Å². The van der Waals surface area contributed by atoms with Crippen molar-refractivity contribution in [3.63, 3.8) is 0 Å². The molecule has 0 amide bonds. The first-order valence-corrected chi connectivity index (χ1v) is 13.8. The molecule has 0 spiro atoms. The van der Waals surface area contributed by atoms with Crippen molar-refractivity contribution in [3.05, 3.63) is 82.4 Å². The predicted molar refractivity (Wildman–Crippen MR) is 151 cm³/mol. The largest absolute Gasteiger partial charge is 0.508 e. The third-order valence-corrected chi connectivity index (χ3v) is 8.75. The summed E-state index contributed by atoms with van der Waals surface area (Å²) in [5.41, 5.74) is -0.463. The van der Waals surface area contributed by atoms with Crippen molar-refractivity contribution in [2.75, 3.05) is 0 Å². The van der Waals surface area contributed by atoms with E-state index in [1.54, 1.807) is 18.2 Å². The van der Waals surface area contributed by atoms with Gasteiger partial charge in [-0.05, 0) is 74.9 Å². The average Bonchev–Trinajstić information content (AvgIpc) is 3.14. The molecular weight excluding hydrogens is 540 g/mol. The molecule has 3 heterocycles.